The average Bonchev–Trinajstić information content (AvgIpc) is 3.47. The van der Waals surface area contributed by atoms with Crippen LogP contribution in [0.1, 0.15) is 46.6 Å². The summed E-state index contributed by atoms with van der Waals surface area (Å²) >= 11 is 0. The molecule has 0 saturated carbocycles. The van der Waals surface area contributed by atoms with Crippen molar-refractivity contribution < 1.29 is 32.2 Å². The van der Waals surface area contributed by atoms with Crippen molar-refractivity contribution in [2.75, 3.05) is 31.5 Å². The minimum Gasteiger partial charge on any atom is -0.491 e. The number of H-pyrrole nitrogens is 1. The fourth-order valence-electron chi connectivity index (χ4n) is 5.89. The number of anilines is 1. The molecule has 0 unspecified atom stereocenters. The zero-order chi connectivity index (χ0) is 35.4. The molecule has 1 aliphatic heterocycles. The van der Waals surface area contributed by atoms with Crippen molar-refractivity contribution in [2.45, 2.75) is 46.0 Å². The van der Waals surface area contributed by atoms with E-state index in [1.807, 2.05) is 49.1 Å². The van der Waals surface area contributed by atoms with Crippen LogP contribution >= 0.6 is 12.4 Å². The van der Waals surface area contributed by atoms with Gasteiger partial charge in [0.05, 0.1) is 30.0 Å². The Labute approximate surface area is 300 Å². The van der Waals surface area contributed by atoms with Crippen LogP contribution < -0.4 is 14.8 Å². The quantitative estimate of drug-likeness (QED) is 0.152. The number of hydrogen-bond donors (Lipinski definition) is 2. The van der Waals surface area contributed by atoms with Crippen molar-refractivity contribution in [1.82, 2.24) is 19.8 Å². The third kappa shape index (κ3) is 9.59. The SMILES string of the molecule is Cc1cc(C(F)(F)F)ccc1C(=O)Nc1ccc(Oc2ccc3cc(CC(=O)N4CCN(Cc5ccc(OC(C)C)cc5)CC4)[nH]c3c2)nc1.Cl. The maximum Gasteiger partial charge on any atom is 0.416 e. The molecule has 6 rings (SSSR count). The van der Waals surface area contributed by atoms with Crippen molar-refractivity contribution in [1.29, 1.82) is 0 Å². The number of rotatable bonds is 10. The van der Waals surface area contributed by atoms with Crippen LogP contribution in [-0.4, -0.2) is 63.9 Å². The molecule has 3 heterocycles. The highest BCUT2D eigenvalue weighted by atomic mass is 35.5. The number of aryl methyl sites for hydroxylation is 1. The van der Waals surface area contributed by atoms with Crippen LogP contribution in [-0.2, 0) is 23.9 Å². The van der Waals surface area contributed by atoms with Gasteiger partial charge in [-0.05, 0) is 91.9 Å². The number of piperazine rings is 1. The number of halogens is 4. The maximum absolute atomic E-state index is 13.2. The van der Waals surface area contributed by atoms with Crippen LogP contribution in [0.15, 0.2) is 85.1 Å². The lowest BCUT2D eigenvalue weighted by Crippen LogP contribution is -2.48. The summed E-state index contributed by atoms with van der Waals surface area (Å²) < 4.78 is 50.6. The van der Waals surface area contributed by atoms with Crippen LogP contribution in [0.2, 0.25) is 0 Å². The van der Waals surface area contributed by atoms with Gasteiger partial charge in [0.2, 0.25) is 11.8 Å². The van der Waals surface area contributed by atoms with E-state index in [1.165, 1.54) is 18.7 Å². The summed E-state index contributed by atoms with van der Waals surface area (Å²) in [6, 6.07) is 21.8. The minimum atomic E-state index is -4.48. The van der Waals surface area contributed by atoms with E-state index >= 15 is 0 Å². The Kier molecular flexibility index (Phi) is 11.6. The molecule has 0 aliphatic carbocycles. The fourth-order valence-corrected chi connectivity index (χ4v) is 5.89. The Bertz CT molecular complexity index is 1970. The number of alkyl halides is 3. The third-order valence-corrected chi connectivity index (χ3v) is 8.43. The first-order chi connectivity index (χ1) is 23.9. The molecule has 0 radical (unpaired) electrons. The number of ether oxygens (including phenoxy) is 2. The van der Waals surface area contributed by atoms with Crippen molar-refractivity contribution in [2.24, 2.45) is 0 Å². The van der Waals surface area contributed by atoms with Crippen molar-refractivity contribution in [3.8, 4) is 17.4 Å². The number of benzene rings is 3. The van der Waals surface area contributed by atoms with Gasteiger partial charge in [-0.15, -0.1) is 12.4 Å². The molecule has 1 saturated heterocycles. The Morgan fingerprint density at radius 2 is 1.65 bits per heavy atom. The lowest BCUT2D eigenvalue weighted by Gasteiger charge is -2.34. The van der Waals surface area contributed by atoms with Crippen LogP contribution in [0.3, 0.4) is 0 Å². The summed E-state index contributed by atoms with van der Waals surface area (Å²) in [5.41, 5.74) is 2.74. The number of carbonyl (C=O) groups excluding carboxylic acids is 2. The Morgan fingerprint density at radius 3 is 2.29 bits per heavy atom. The smallest absolute Gasteiger partial charge is 0.416 e. The molecule has 1 fully saturated rings. The molecule has 2 N–H and O–H groups in total. The second-order valence-corrected chi connectivity index (χ2v) is 12.7. The zero-order valence-corrected chi connectivity index (χ0v) is 29.2. The number of fused-ring (bicyclic) bond motifs is 1. The monoisotopic (exact) mass is 721 g/mol. The summed E-state index contributed by atoms with van der Waals surface area (Å²) in [5.74, 6) is 1.21. The van der Waals surface area contributed by atoms with Gasteiger partial charge in [-0.3, -0.25) is 14.5 Å². The first kappa shape index (κ1) is 37.2. The average molecular weight is 722 g/mol. The molecule has 0 atom stereocenters. The Balaban J connectivity index is 0.00000504. The molecule has 51 heavy (non-hydrogen) atoms. The number of pyridine rings is 1. The number of amides is 2. The highest BCUT2D eigenvalue weighted by Crippen LogP contribution is 2.31. The van der Waals surface area contributed by atoms with Gasteiger partial charge in [0, 0.05) is 61.6 Å². The molecule has 13 heteroatoms. The van der Waals surface area contributed by atoms with Gasteiger partial charge < -0.3 is 24.7 Å². The van der Waals surface area contributed by atoms with E-state index in [-0.39, 0.29) is 47.8 Å². The first-order valence-corrected chi connectivity index (χ1v) is 16.4. The number of carbonyl (C=O) groups is 2. The van der Waals surface area contributed by atoms with Crippen LogP contribution in [0.25, 0.3) is 10.9 Å². The van der Waals surface area contributed by atoms with Gasteiger partial charge in [-0.25, -0.2) is 4.98 Å². The standard InChI is InChI=1S/C38H38F3N5O4.ClH/c1-24(2)49-31-9-4-26(5-10-31)23-45-14-16-46(17-15-45)36(47)20-30-19-27-6-11-32(21-34(27)43-30)50-35-13-8-29(22-42-35)44-37(48)33-12-7-28(18-25(33)3)38(39,40)41;/h4-13,18-19,21-22,24,43H,14-17,20,23H2,1-3H3,(H,44,48);1H. The summed E-state index contributed by atoms with van der Waals surface area (Å²) in [7, 11) is 0. The van der Waals surface area contributed by atoms with E-state index in [2.05, 4.69) is 32.3 Å². The Hall–Kier alpha value is -5.07. The molecule has 5 aromatic rings. The molecule has 9 nitrogen and oxygen atoms in total. The minimum absolute atomic E-state index is 0. The predicted molar refractivity (Wildman–Crippen MR) is 192 cm³/mol. The summed E-state index contributed by atoms with van der Waals surface area (Å²) in [6.07, 6.45) is -2.67. The summed E-state index contributed by atoms with van der Waals surface area (Å²) in [6.45, 7) is 9.27. The topological polar surface area (TPSA) is 99.8 Å². The van der Waals surface area contributed by atoms with Crippen LogP contribution in [0.4, 0.5) is 18.9 Å². The normalized spacial score (nSPS) is 13.6. The van der Waals surface area contributed by atoms with Gasteiger partial charge in [-0.1, -0.05) is 12.1 Å². The molecule has 2 amide bonds. The number of aromatic amines is 1. The van der Waals surface area contributed by atoms with Gasteiger partial charge in [-0.2, -0.15) is 13.2 Å². The number of nitrogens with one attached hydrogen (secondary N) is 2. The highest BCUT2D eigenvalue weighted by Gasteiger charge is 2.31. The fraction of sp³-hybridized carbons (Fsp3) is 0.289. The number of nitrogens with zero attached hydrogens (tertiary/aromatic N) is 3. The molecule has 3 aromatic carbocycles. The lowest BCUT2D eigenvalue weighted by atomic mass is 10.0. The van der Waals surface area contributed by atoms with Crippen molar-refractivity contribution >= 4 is 40.8 Å². The highest BCUT2D eigenvalue weighted by molar-refractivity contribution is 6.05. The molecule has 1 aliphatic rings. The second kappa shape index (κ2) is 15.9. The first-order valence-electron chi connectivity index (χ1n) is 16.4. The summed E-state index contributed by atoms with van der Waals surface area (Å²) in [5, 5.41) is 3.60. The van der Waals surface area contributed by atoms with Crippen LogP contribution in [0.5, 0.6) is 17.4 Å². The largest absolute Gasteiger partial charge is 0.491 e. The molecule has 0 spiro atoms. The van der Waals surface area contributed by atoms with Gasteiger partial charge >= 0.3 is 6.18 Å². The van der Waals surface area contributed by atoms with Crippen molar-refractivity contribution in [3.05, 3.63) is 113 Å². The molecule has 2 aromatic heterocycles. The zero-order valence-electron chi connectivity index (χ0n) is 28.4. The maximum atomic E-state index is 13.2. The van der Waals surface area contributed by atoms with E-state index < -0.39 is 17.6 Å². The molecular formula is C38H39ClF3N5O4. The third-order valence-electron chi connectivity index (χ3n) is 8.43. The number of hydrogen-bond acceptors (Lipinski definition) is 6. The molecule has 268 valence electrons. The van der Waals surface area contributed by atoms with Gasteiger partial charge in [0.25, 0.3) is 5.91 Å². The molecular weight excluding hydrogens is 683 g/mol. The summed E-state index contributed by atoms with van der Waals surface area (Å²) in [4.78, 5) is 37.7. The van der Waals surface area contributed by atoms with Crippen LogP contribution in [0, 0.1) is 6.92 Å². The predicted octanol–water partition coefficient (Wildman–Crippen LogP) is 8.03. The number of aromatic nitrogens is 2. The van der Waals surface area contributed by atoms with E-state index in [9.17, 15) is 22.8 Å². The van der Waals surface area contributed by atoms with E-state index in [0.29, 0.717) is 24.5 Å². The van der Waals surface area contributed by atoms with Gasteiger partial charge in [0.15, 0.2) is 0 Å². The second-order valence-electron chi connectivity index (χ2n) is 12.7. The lowest BCUT2D eigenvalue weighted by molar-refractivity contribution is -0.137. The van der Waals surface area contributed by atoms with E-state index in [4.69, 9.17) is 9.47 Å². The Morgan fingerprint density at radius 1 is 0.922 bits per heavy atom. The van der Waals surface area contributed by atoms with E-state index in [0.717, 1.165) is 60.2 Å². The van der Waals surface area contributed by atoms with Crippen molar-refractivity contribution in [3.63, 3.8) is 0 Å². The van der Waals surface area contributed by atoms with Gasteiger partial charge in [0.1, 0.15) is 11.5 Å². The molecule has 0 bridgehead atoms. The van der Waals surface area contributed by atoms with E-state index in [1.54, 1.807) is 18.2 Å².